The number of amides is 1. The SMILES string of the molecule is CC(C(=O)N1CCCCCC1CC(O)c1ccccc1)n1cncn1. The number of benzene rings is 1. The summed E-state index contributed by atoms with van der Waals surface area (Å²) in [7, 11) is 0. The molecule has 0 spiro atoms. The first-order valence-corrected chi connectivity index (χ1v) is 9.04. The molecule has 0 radical (unpaired) electrons. The van der Waals surface area contributed by atoms with Gasteiger partial charge in [-0.3, -0.25) is 4.79 Å². The van der Waals surface area contributed by atoms with Gasteiger partial charge in [-0.2, -0.15) is 5.10 Å². The Kier molecular flexibility index (Phi) is 5.81. The van der Waals surface area contributed by atoms with Crippen LogP contribution in [0.15, 0.2) is 43.0 Å². The van der Waals surface area contributed by atoms with Crippen molar-refractivity contribution in [2.24, 2.45) is 0 Å². The Morgan fingerprint density at radius 3 is 2.80 bits per heavy atom. The number of aliphatic hydroxyl groups is 1. The molecular weight excluding hydrogens is 316 g/mol. The van der Waals surface area contributed by atoms with Crippen LogP contribution in [0.2, 0.25) is 0 Å². The van der Waals surface area contributed by atoms with Gasteiger partial charge < -0.3 is 10.0 Å². The van der Waals surface area contributed by atoms with Crippen molar-refractivity contribution in [3.63, 3.8) is 0 Å². The Balaban J connectivity index is 1.74. The van der Waals surface area contributed by atoms with E-state index in [-0.39, 0.29) is 18.0 Å². The number of rotatable bonds is 5. The summed E-state index contributed by atoms with van der Waals surface area (Å²) < 4.78 is 1.60. The van der Waals surface area contributed by atoms with E-state index in [1.54, 1.807) is 11.0 Å². The summed E-state index contributed by atoms with van der Waals surface area (Å²) in [6, 6.07) is 9.35. The minimum Gasteiger partial charge on any atom is -0.388 e. The number of carbonyl (C=O) groups excluding carboxylic acids is 1. The van der Waals surface area contributed by atoms with Crippen LogP contribution in [-0.2, 0) is 4.79 Å². The molecule has 1 aromatic heterocycles. The summed E-state index contributed by atoms with van der Waals surface area (Å²) in [5.41, 5.74) is 0.906. The zero-order valence-electron chi connectivity index (χ0n) is 14.7. The second kappa shape index (κ2) is 8.25. The Bertz CT molecular complexity index is 659. The summed E-state index contributed by atoms with van der Waals surface area (Å²) in [4.78, 5) is 18.9. The molecule has 1 amide bonds. The second-order valence-electron chi connectivity index (χ2n) is 6.75. The smallest absolute Gasteiger partial charge is 0.247 e. The third kappa shape index (κ3) is 4.25. The number of hydrogen-bond acceptors (Lipinski definition) is 4. The first-order chi connectivity index (χ1) is 12.2. The van der Waals surface area contributed by atoms with Crippen molar-refractivity contribution >= 4 is 5.91 Å². The third-order valence-electron chi connectivity index (χ3n) is 5.03. The Labute approximate surface area is 148 Å². The zero-order chi connectivity index (χ0) is 17.6. The van der Waals surface area contributed by atoms with Gasteiger partial charge in [0.25, 0.3) is 0 Å². The van der Waals surface area contributed by atoms with Crippen LogP contribution in [0, 0.1) is 0 Å². The van der Waals surface area contributed by atoms with Crippen molar-refractivity contribution in [2.45, 2.75) is 57.2 Å². The van der Waals surface area contributed by atoms with Crippen LogP contribution in [0.5, 0.6) is 0 Å². The number of aromatic nitrogens is 3. The highest BCUT2D eigenvalue weighted by atomic mass is 16.3. The highest BCUT2D eigenvalue weighted by molar-refractivity contribution is 5.80. The van der Waals surface area contributed by atoms with Crippen molar-refractivity contribution in [3.8, 4) is 0 Å². The molecule has 1 saturated heterocycles. The summed E-state index contributed by atoms with van der Waals surface area (Å²) in [6.45, 7) is 2.59. The third-order valence-corrected chi connectivity index (χ3v) is 5.03. The lowest BCUT2D eigenvalue weighted by atomic mass is 9.97. The number of aliphatic hydroxyl groups excluding tert-OH is 1. The lowest BCUT2D eigenvalue weighted by Gasteiger charge is -2.33. The minimum atomic E-state index is -0.554. The van der Waals surface area contributed by atoms with Crippen LogP contribution in [0.3, 0.4) is 0 Å². The maximum atomic E-state index is 13.0. The first-order valence-electron chi connectivity index (χ1n) is 9.04. The van der Waals surface area contributed by atoms with Gasteiger partial charge in [0, 0.05) is 12.6 Å². The number of nitrogens with zero attached hydrogens (tertiary/aromatic N) is 4. The van der Waals surface area contributed by atoms with E-state index < -0.39 is 6.10 Å². The minimum absolute atomic E-state index is 0.0520. The van der Waals surface area contributed by atoms with Gasteiger partial charge in [0.05, 0.1) is 6.10 Å². The van der Waals surface area contributed by atoms with Crippen molar-refractivity contribution in [2.75, 3.05) is 6.54 Å². The number of likely N-dealkylation sites (tertiary alicyclic amines) is 1. The van der Waals surface area contributed by atoms with Gasteiger partial charge in [0.2, 0.25) is 5.91 Å². The maximum absolute atomic E-state index is 13.0. The van der Waals surface area contributed by atoms with Gasteiger partial charge >= 0.3 is 0 Å². The molecule has 0 bridgehead atoms. The quantitative estimate of drug-likeness (QED) is 0.907. The molecule has 2 heterocycles. The molecule has 3 unspecified atom stereocenters. The van der Waals surface area contributed by atoms with Crippen molar-refractivity contribution < 1.29 is 9.90 Å². The maximum Gasteiger partial charge on any atom is 0.247 e. The van der Waals surface area contributed by atoms with Crippen LogP contribution in [0.1, 0.15) is 56.7 Å². The molecule has 3 atom stereocenters. The van der Waals surface area contributed by atoms with Crippen LogP contribution < -0.4 is 0 Å². The first kappa shape index (κ1) is 17.6. The van der Waals surface area contributed by atoms with Crippen LogP contribution in [-0.4, -0.2) is 43.3 Å². The van der Waals surface area contributed by atoms with Crippen molar-refractivity contribution in [3.05, 3.63) is 48.5 Å². The average Bonchev–Trinajstić information content (AvgIpc) is 3.08. The lowest BCUT2D eigenvalue weighted by molar-refractivity contribution is -0.137. The van der Waals surface area contributed by atoms with Crippen LogP contribution in [0.25, 0.3) is 0 Å². The zero-order valence-corrected chi connectivity index (χ0v) is 14.7. The molecular formula is C19H26N4O2. The van der Waals surface area contributed by atoms with E-state index in [0.29, 0.717) is 6.42 Å². The lowest BCUT2D eigenvalue weighted by Crippen LogP contribution is -2.44. The predicted octanol–water partition coefficient (Wildman–Crippen LogP) is 2.73. The van der Waals surface area contributed by atoms with Gasteiger partial charge in [-0.05, 0) is 31.7 Å². The standard InChI is InChI=1S/C19H26N4O2/c1-15(23-14-20-13-21-23)19(25)22-11-7-3-6-10-17(22)12-18(24)16-8-4-2-5-9-16/h2,4-5,8-9,13-15,17-18,24H,3,6-7,10-12H2,1H3. The van der Waals surface area contributed by atoms with E-state index in [4.69, 9.17) is 0 Å². The van der Waals surface area contributed by atoms with Crippen molar-refractivity contribution in [1.29, 1.82) is 0 Å². The number of hydrogen-bond donors (Lipinski definition) is 1. The van der Waals surface area contributed by atoms with E-state index in [2.05, 4.69) is 10.1 Å². The molecule has 0 saturated carbocycles. The van der Waals surface area contributed by atoms with Gasteiger partial charge in [0.1, 0.15) is 18.7 Å². The molecule has 1 aliphatic heterocycles. The van der Waals surface area contributed by atoms with Gasteiger partial charge in [-0.15, -0.1) is 0 Å². The molecule has 1 fully saturated rings. The molecule has 25 heavy (non-hydrogen) atoms. The normalized spacial score (nSPS) is 20.7. The van der Waals surface area contributed by atoms with Crippen LogP contribution in [0.4, 0.5) is 0 Å². The molecule has 134 valence electrons. The van der Waals surface area contributed by atoms with Crippen molar-refractivity contribution in [1.82, 2.24) is 19.7 Å². The number of carbonyl (C=O) groups is 1. The van der Waals surface area contributed by atoms with E-state index in [9.17, 15) is 9.90 Å². The van der Waals surface area contributed by atoms with E-state index in [1.165, 1.54) is 6.33 Å². The molecule has 6 heteroatoms. The Morgan fingerprint density at radius 1 is 1.28 bits per heavy atom. The Morgan fingerprint density at radius 2 is 2.08 bits per heavy atom. The average molecular weight is 342 g/mol. The predicted molar refractivity (Wildman–Crippen MR) is 94.7 cm³/mol. The fraction of sp³-hybridized carbons (Fsp3) is 0.526. The Hall–Kier alpha value is -2.21. The fourth-order valence-electron chi connectivity index (χ4n) is 3.55. The summed E-state index contributed by atoms with van der Waals surface area (Å²) in [5.74, 6) is 0.0534. The highest BCUT2D eigenvalue weighted by Crippen LogP contribution is 2.28. The van der Waals surface area contributed by atoms with Gasteiger partial charge in [0.15, 0.2) is 0 Å². The summed E-state index contributed by atoms with van der Waals surface area (Å²) in [5, 5.41) is 14.7. The molecule has 1 aromatic carbocycles. The topological polar surface area (TPSA) is 71.2 Å². The molecule has 0 aliphatic carbocycles. The van der Waals surface area contributed by atoms with E-state index in [1.807, 2.05) is 42.2 Å². The summed E-state index contributed by atoms with van der Waals surface area (Å²) >= 11 is 0. The molecule has 3 rings (SSSR count). The largest absolute Gasteiger partial charge is 0.388 e. The highest BCUT2D eigenvalue weighted by Gasteiger charge is 2.31. The van der Waals surface area contributed by atoms with E-state index >= 15 is 0 Å². The molecule has 1 N–H and O–H groups in total. The molecule has 6 nitrogen and oxygen atoms in total. The summed E-state index contributed by atoms with van der Waals surface area (Å²) in [6.07, 6.45) is 7.19. The van der Waals surface area contributed by atoms with Gasteiger partial charge in [-0.1, -0.05) is 43.2 Å². The fourth-order valence-corrected chi connectivity index (χ4v) is 3.55. The van der Waals surface area contributed by atoms with Crippen LogP contribution >= 0.6 is 0 Å². The van der Waals surface area contributed by atoms with Gasteiger partial charge in [-0.25, -0.2) is 9.67 Å². The second-order valence-corrected chi connectivity index (χ2v) is 6.75. The monoisotopic (exact) mass is 342 g/mol. The molecule has 2 aromatic rings. The van der Waals surface area contributed by atoms with E-state index in [0.717, 1.165) is 37.8 Å². The molecule has 1 aliphatic rings.